The van der Waals surface area contributed by atoms with Crippen LogP contribution in [-0.4, -0.2) is 63.5 Å². The predicted octanol–water partition coefficient (Wildman–Crippen LogP) is 0.332. The average molecular weight is 216 g/mol. The molecule has 1 saturated heterocycles. The van der Waals surface area contributed by atoms with Gasteiger partial charge in [0.15, 0.2) is 0 Å². The molecule has 1 N–H and O–H groups in total. The zero-order valence-corrected chi connectivity index (χ0v) is 10.2. The lowest BCUT2D eigenvalue weighted by Crippen LogP contribution is -2.52. The lowest BCUT2D eigenvalue weighted by atomic mass is 10.2. The predicted molar refractivity (Wildman–Crippen MR) is 61.2 cm³/mol. The van der Waals surface area contributed by atoms with Gasteiger partial charge in [-0.05, 0) is 0 Å². The molecule has 1 aliphatic heterocycles. The first kappa shape index (κ1) is 12.9. The van der Waals surface area contributed by atoms with E-state index in [1.54, 1.807) is 7.11 Å². The number of morpholine rings is 1. The van der Waals surface area contributed by atoms with Crippen molar-refractivity contribution in [2.24, 2.45) is 0 Å². The maximum absolute atomic E-state index is 5.50. The third-order valence-electron chi connectivity index (χ3n) is 2.69. The summed E-state index contributed by atoms with van der Waals surface area (Å²) in [5, 5.41) is 3.46. The number of ether oxygens (including phenoxy) is 2. The molecule has 90 valence electrons. The Kier molecular flexibility index (Phi) is 6.17. The normalized spacial score (nSPS) is 23.6. The van der Waals surface area contributed by atoms with Gasteiger partial charge in [0.1, 0.15) is 0 Å². The third kappa shape index (κ3) is 4.93. The molecule has 1 unspecified atom stereocenters. The first-order chi connectivity index (χ1) is 7.24. The molecule has 1 fully saturated rings. The number of hydrogen-bond donors (Lipinski definition) is 1. The quantitative estimate of drug-likeness (QED) is 0.694. The smallest absolute Gasteiger partial charge is 0.0634 e. The van der Waals surface area contributed by atoms with E-state index >= 15 is 0 Å². The van der Waals surface area contributed by atoms with Gasteiger partial charge in [-0.15, -0.1) is 0 Å². The summed E-state index contributed by atoms with van der Waals surface area (Å²) in [5.41, 5.74) is 0. The van der Waals surface area contributed by atoms with Crippen LogP contribution in [0.2, 0.25) is 0 Å². The van der Waals surface area contributed by atoms with E-state index in [4.69, 9.17) is 9.47 Å². The van der Waals surface area contributed by atoms with Crippen LogP contribution in [0.15, 0.2) is 0 Å². The summed E-state index contributed by atoms with van der Waals surface area (Å²) >= 11 is 0. The molecule has 0 aromatic carbocycles. The van der Waals surface area contributed by atoms with Crippen molar-refractivity contribution in [2.75, 3.05) is 46.6 Å². The van der Waals surface area contributed by atoms with Gasteiger partial charge in [0.2, 0.25) is 0 Å². The second-order valence-corrected chi connectivity index (χ2v) is 4.32. The van der Waals surface area contributed by atoms with Crippen LogP contribution in [0.1, 0.15) is 13.8 Å². The fourth-order valence-electron chi connectivity index (χ4n) is 1.75. The zero-order valence-electron chi connectivity index (χ0n) is 10.2. The van der Waals surface area contributed by atoms with E-state index in [9.17, 15) is 0 Å². The van der Waals surface area contributed by atoms with Crippen LogP contribution in [0.25, 0.3) is 0 Å². The molecule has 1 rings (SSSR count). The fourth-order valence-corrected chi connectivity index (χ4v) is 1.75. The van der Waals surface area contributed by atoms with Crippen molar-refractivity contribution in [1.29, 1.82) is 0 Å². The molecule has 4 heteroatoms. The molecular weight excluding hydrogens is 192 g/mol. The van der Waals surface area contributed by atoms with Crippen LogP contribution in [0.4, 0.5) is 0 Å². The Balaban J connectivity index is 2.29. The molecule has 4 nitrogen and oxygen atoms in total. The van der Waals surface area contributed by atoms with E-state index in [1.807, 2.05) is 0 Å². The number of nitrogens with zero attached hydrogens (tertiary/aromatic N) is 1. The second-order valence-electron chi connectivity index (χ2n) is 4.32. The maximum Gasteiger partial charge on any atom is 0.0634 e. The van der Waals surface area contributed by atoms with Gasteiger partial charge < -0.3 is 14.8 Å². The van der Waals surface area contributed by atoms with Crippen LogP contribution in [0, 0.1) is 0 Å². The molecule has 15 heavy (non-hydrogen) atoms. The van der Waals surface area contributed by atoms with Crippen molar-refractivity contribution < 1.29 is 9.47 Å². The van der Waals surface area contributed by atoms with Crippen molar-refractivity contribution in [3.8, 4) is 0 Å². The first-order valence-corrected chi connectivity index (χ1v) is 5.78. The second kappa shape index (κ2) is 7.17. The zero-order chi connectivity index (χ0) is 11.1. The number of methoxy groups -OCH3 is 1. The van der Waals surface area contributed by atoms with Crippen LogP contribution in [0.5, 0.6) is 0 Å². The van der Waals surface area contributed by atoms with E-state index in [-0.39, 0.29) is 0 Å². The number of nitrogens with one attached hydrogen (secondary N) is 1. The lowest BCUT2D eigenvalue weighted by molar-refractivity contribution is -0.0164. The molecule has 0 aromatic heterocycles. The molecule has 1 heterocycles. The minimum atomic E-state index is 0.497. The van der Waals surface area contributed by atoms with Crippen molar-refractivity contribution in [3.05, 3.63) is 0 Å². The van der Waals surface area contributed by atoms with Crippen molar-refractivity contribution in [3.63, 3.8) is 0 Å². The van der Waals surface area contributed by atoms with E-state index in [0.717, 1.165) is 39.5 Å². The summed E-state index contributed by atoms with van der Waals surface area (Å²) in [4.78, 5) is 2.45. The van der Waals surface area contributed by atoms with Crippen LogP contribution >= 0.6 is 0 Å². The van der Waals surface area contributed by atoms with Crippen molar-refractivity contribution in [2.45, 2.75) is 25.9 Å². The van der Waals surface area contributed by atoms with Crippen molar-refractivity contribution in [1.82, 2.24) is 10.2 Å². The van der Waals surface area contributed by atoms with Crippen LogP contribution in [0.3, 0.4) is 0 Å². The Morgan fingerprint density at radius 3 is 3.00 bits per heavy atom. The highest BCUT2D eigenvalue weighted by Crippen LogP contribution is 2.05. The molecule has 0 spiro atoms. The van der Waals surface area contributed by atoms with Gasteiger partial charge in [-0.25, -0.2) is 0 Å². The minimum Gasteiger partial charge on any atom is -0.383 e. The highest BCUT2D eigenvalue weighted by atomic mass is 16.5. The summed E-state index contributed by atoms with van der Waals surface area (Å²) in [5.74, 6) is 0. The lowest BCUT2D eigenvalue weighted by Gasteiger charge is -2.35. The van der Waals surface area contributed by atoms with Gasteiger partial charge in [-0.1, -0.05) is 13.8 Å². The minimum absolute atomic E-state index is 0.497. The average Bonchev–Trinajstić information content (AvgIpc) is 2.24. The molecule has 0 radical (unpaired) electrons. The Morgan fingerprint density at radius 2 is 2.33 bits per heavy atom. The molecule has 0 bridgehead atoms. The van der Waals surface area contributed by atoms with E-state index in [0.29, 0.717) is 12.1 Å². The molecule has 0 amide bonds. The van der Waals surface area contributed by atoms with Crippen LogP contribution in [-0.2, 0) is 9.47 Å². The largest absolute Gasteiger partial charge is 0.383 e. The monoisotopic (exact) mass is 216 g/mol. The van der Waals surface area contributed by atoms with Crippen molar-refractivity contribution >= 4 is 0 Å². The highest BCUT2D eigenvalue weighted by Gasteiger charge is 2.22. The van der Waals surface area contributed by atoms with Gasteiger partial charge in [0, 0.05) is 38.8 Å². The molecule has 0 aliphatic carbocycles. The number of hydrogen-bond acceptors (Lipinski definition) is 4. The Bertz CT molecular complexity index is 165. The Labute approximate surface area is 92.9 Å². The summed E-state index contributed by atoms with van der Waals surface area (Å²) in [6.07, 6.45) is 0. The molecule has 0 saturated carbocycles. The molecule has 0 aromatic rings. The number of rotatable bonds is 6. The van der Waals surface area contributed by atoms with Gasteiger partial charge in [-0.3, -0.25) is 4.90 Å². The third-order valence-corrected chi connectivity index (χ3v) is 2.69. The Hall–Kier alpha value is -0.160. The Morgan fingerprint density at radius 1 is 1.53 bits per heavy atom. The molecule has 1 atom stereocenters. The first-order valence-electron chi connectivity index (χ1n) is 5.78. The standard InChI is InChI=1S/C11H24N2O2/c1-10(2)12-8-11-9-15-7-5-13(11)4-6-14-3/h10-12H,4-9H2,1-3H3. The summed E-state index contributed by atoms with van der Waals surface area (Å²) < 4.78 is 10.6. The molecule has 1 aliphatic rings. The molecular formula is C11H24N2O2. The maximum atomic E-state index is 5.50. The van der Waals surface area contributed by atoms with Gasteiger partial charge in [0.25, 0.3) is 0 Å². The van der Waals surface area contributed by atoms with Gasteiger partial charge in [0.05, 0.1) is 19.8 Å². The van der Waals surface area contributed by atoms with Gasteiger partial charge in [-0.2, -0.15) is 0 Å². The summed E-state index contributed by atoms with van der Waals surface area (Å²) in [6.45, 7) is 9.86. The van der Waals surface area contributed by atoms with E-state index < -0.39 is 0 Å². The highest BCUT2D eigenvalue weighted by molar-refractivity contribution is 4.77. The summed E-state index contributed by atoms with van der Waals surface area (Å²) in [6, 6.07) is 1.03. The van der Waals surface area contributed by atoms with Crippen LogP contribution < -0.4 is 5.32 Å². The SMILES string of the molecule is COCCN1CCOCC1CNC(C)C. The fraction of sp³-hybridized carbons (Fsp3) is 1.00. The van der Waals surface area contributed by atoms with E-state index in [2.05, 4.69) is 24.1 Å². The summed E-state index contributed by atoms with van der Waals surface area (Å²) in [7, 11) is 1.75. The topological polar surface area (TPSA) is 33.7 Å². The van der Waals surface area contributed by atoms with Gasteiger partial charge >= 0.3 is 0 Å². The van der Waals surface area contributed by atoms with E-state index in [1.165, 1.54) is 0 Å².